The van der Waals surface area contributed by atoms with Gasteiger partial charge in [-0.25, -0.2) is 4.79 Å². The van der Waals surface area contributed by atoms with Gasteiger partial charge in [0.05, 0.1) is 20.1 Å². The zero-order chi connectivity index (χ0) is 14.8. The van der Waals surface area contributed by atoms with Crippen LogP contribution in [0.2, 0.25) is 0 Å². The van der Waals surface area contributed by atoms with E-state index >= 15 is 0 Å². The number of carbonyl (C=O) groups excluding carboxylic acids is 3. The lowest BCUT2D eigenvalue weighted by Gasteiger charge is -2.13. The third kappa shape index (κ3) is 7.23. The van der Waals surface area contributed by atoms with Gasteiger partial charge in [0.1, 0.15) is 6.04 Å². The Labute approximate surface area is 113 Å². The molecule has 0 aliphatic heterocycles. The maximum atomic E-state index is 11.4. The zero-order valence-electron chi connectivity index (χ0n) is 11.8. The average Bonchev–Trinajstić information content (AvgIpc) is 2.39. The SMILES string of the molecule is COC(=O)[C@H](CC=CC[C@H](C)C(=O)OC)NC(C)=O. The predicted octanol–water partition coefficient (Wildman–Crippen LogP) is 0.810. The van der Waals surface area contributed by atoms with Crippen molar-refractivity contribution in [3.8, 4) is 0 Å². The summed E-state index contributed by atoms with van der Waals surface area (Å²) in [6.07, 6.45) is 4.34. The second-order valence-corrected chi connectivity index (χ2v) is 4.14. The lowest BCUT2D eigenvalue weighted by molar-refractivity contribution is -0.145. The normalized spacial score (nSPS) is 13.7. The minimum absolute atomic E-state index is 0.237. The number of methoxy groups -OCH3 is 2. The van der Waals surface area contributed by atoms with Crippen molar-refractivity contribution in [2.24, 2.45) is 5.92 Å². The van der Waals surface area contributed by atoms with Gasteiger partial charge in [-0.2, -0.15) is 0 Å². The Bertz CT molecular complexity index is 351. The lowest BCUT2D eigenvalue weighted by atomic mass is 10.1. The van der Waals surface area contributed by atoms with Crippen LogP contribution in [0.1, 0.15) is 26.7 Å². The molecule has 19 heavy (non-hydrogen) atoms. The minimum Gasteiger partial charge on any atom is -0.469 e. The van der Waals surface area contributed by atoms with Crippen LogP contribution >= 0.6 is 0 Å². The van der Waals surface area contributed by atoms with Crippen molar-refractivity contribution in [1.29, 1.82) is 0 Å². The van der Waals surface area contributed by atoms with Gasteiger partial charge < -0.3 is 14.8 Å². The largest absolute Gasteiger partial charge is 0.469 e. The van der Waals surface area contributed by atoms with E-state index in [9.17, 15) is 14.4 Å². The standard InChI is InChI=1S/C13H21NO5/c1-9(12(16)18-3)7-5-6-8-11(13(17)19-4)14-10(2)15/h5-6,9,11H,7-8H2,1-4H3,(H,14,15)/t9-,11-/m0/s1. The summed E-state index contributed by atoms with van der Waals surface area (Å²) in [7, 11) is 2.60. The van der Waals surface area contributed by atoms with E-state index in [1.54, 1.807) is 19.1 Å². The third-order valence-corrected chi connectivity index (χ3v) is 2.49. The molecule has 0 aromatic heterocycles. The van der Waals surface area contributed by atoms with Crippen molar-refractivity contribution in [3.63, 3.8) is 0 Å². The minimum atomic E-state index is -0.702. The summed E-state index contributed by atoms with van der Waals surface area (Å²) in [5.41, 5.74) is 0. The van der Waals surface area contributed by atoms with E-state index in [4.69, 9.17) is 0 Å². The molecule has 6 nitrogen and oxygen atoms in total. The fourth-order valence-electron chi connectivity index (χ4n) is 1.43. The maximum absolute atomic E-state index is 11.4. The number of allylic oxidation sites excluding steroid dienone is 1. The Balaban J connectivity index is 4.27. The molecule has 0 aliphatic carbocycles. The molecule has 108 valence electrons. The molecule has 6 heteroatoms. The van der Waals surface area contributed by atoms with Gasteiger partial charge in [0, 0.05) is 6.92 Å². The van der Waals surface area contributed by atoms with Crippen LogP contribution in [0.5, 0.6) is 0 Å². The molecule has 0 aromatic carbocycles. The van der Waals surface area contributed by atoms with Gasteiger partial charge in [-0.1, -0.05) is 19.1 Å². The molecular weight excluding hydrogens is 250 g/mol. The van der Waals surface area contributed by atoms with Gasteiger partial charge >= 0.3 is 11.9 Å². The van der Waals surface area contributed by atoms with Crippen LogP contribution < -0.4 is 5.32 Å². The Hall–Kier alpha value is -1.85. The highest BCUT2D eigenvalue weighted by molar-refractivity contribution is 5.83. The lowest BCUT2D eigenvalue weighted by Crippen LogP contribution is -2.39. The molecule has 0 saturated heterocycles. The quantitative estimate of drug-likeness (QED) is 0.547. The first-order chi connectivity index (χ1) is 8.92. The van der Waals surface area contributed by atoms with Gasteiger partial charge in [-0.15, -0.1) is 0 Å². The van der Waals surface area contributed by atoms with Gasteiger partial charge in [0.2, 0.25) is 5.91 Å². The highest BCUT2D eigenvalue weighted by Crippen LogP contribution is 2.06. The van der Waals surface area contributed by atoms with E-state index in [-0.39, 0.29) is 17.8 Å². The topological polar surface area (TPSA) is 81.7 Å². The number of carbonyl (C=O) groups is 3. The van der Waals surface area contributed by atoms with Crippen LogP contribution in [0, 0.1) is 5.92 Å². The summed E-state index contributed by atoms with van der Waals surface area (Å²) in [5, 5.41) is 2.50. The van der Waals surface area contributed by atoms with Gasteiger partial charge in [0.25, 0.3) is 0 Å². The molecule has 0 aromatic rings. The van der Waals surface area contributed by atoms with E-state index in [1.165, 1.54) is 21.1 Å². The first-order valence-corrected chi connectivity index (χ1v) is 6.00. The number of hydrogen-bond acceptors (Lipinski definition) is 5. The van der Waals surface area contributed by atoms with Crippen molar-refractivity contribution in [3.05, 3.63) is 12.2 Å². The van der Waals surface area contributed by atoms with Crippen molar-refractivity contribution >= 4 is 17.8 Å². The van der Waals surface area contributed by atoms with E-state index in [0.717, 1.165) is 0 Å². The molecule has 0 bridgehead atoms. The fourth-order valence-corrected chi connectivity index (χ4v) is 1.43. The van der Waals surface area contributed by atoms with Crippen LogP contribution in [0.3, 0.4) is 0 Å². The summed E-state index contributed by atoms with van der Waals surface area (Å²) in [5.74, 6) is -1.32. The summed E-state index contributed by atoms with van der Waals surface area (Å²) in [4.78, 5) is 33.5. The first-order valence-electron chi connectivity index (χ1n) is 6.00. The zero-order valence-corrected chi connectivity index (χ0v) is 11.8. The molecule has 0 rings (SSSR count). The molecular formula is C13H21NO5. The second kappa shape index (κ2) is 9.13. The first kappa shape index (κ1) is 17.2. The Morgan fingerprint density at radius 1 is 1.05 bits per heavy atom. The van der Waals surface area contributed by atoms with E-state index in [2.05, 4.69) is 14.8 Å². The highest BCUT2D eigenvalue weighted by atomic mass is 16.5. The summed E-state index contributed by atoms with van der Waals surface area (Å²) in [6.45, 7) is 3.08. The number of hydrogen-bond donors (Lipinski definition) is 1. The van der Waals surface area contributed by atoms with Gasteiger partial charge in [-0.3, -0.25) is 9.59 Å². The fraction of sp³-hybridized carbons (Fsp3) is 0.615. The van der Waals surface area contributed by atoms with Crippen LogP contribution in [0.15, 0.2) is 12.2 Å². The second-order valence-electron chi connectivity index (χ2n) is 4.14. The number of rotatable bonds is 7. The Morgan fingerprint density at radius 3 is 2.05 bits per heavy atom. The molecule has 0 fully saturated rings. The van der Waals surface area contributed by atoms with E-state index in [0.29, 0.717) is 12.8 Å². The number of nitrogens with one attached hydrogen (secondary N) is 1. The predicted molar refractivity (Wildman–Crippen MR) is 69.2 cm³/mol. The number of ether oxygens (including phenoxy) is 2. The van der Waals surface area contributed by atoms with Crippen molar-refractivity contribution in [1.82, 2.24) is 5.32 Å². The molecule has 1 N–H and O–H groups in total. The van der Waals surface area contributed by atoms with Crippen LogP contribution in [0.4, 0.5) is 0 Å². The Kier molecular flexibility index (Phi) is 8.24. The van der Waals surface area contributed by atoms with Crippen LogP contribution in [-0.4, -0.2) is 38.1 Å². The van der Waals surface area contributed by atoms with Crippen molar-refractivity contribution in [2.75, 3.05) is 14.2 Å². The van der Waals surface area contributed by atoms with Crippen molar-refractivity contribution < 1.29 is 23.9 Å². The van der Waals surface area contributed by atoms with Crippen LogP contribution in [-0.2, 0) is 23.9 Å². The third-order valence-electron chi connectivity index (χ3n) is 2.49. The highest BCUT2D eigenvalue weighted by Gasteiger charge is 2.18. The molecule has 0 unspecified atom stereocenters. The average molecular weight is 271 g/mol. The molecule has 0 spiro atoms. The Morgan fingerprint density at radius 2 is 1.58 bits per heavy atom. The van der Waals surface area contributed by atoms with Crippen molar-refractivity contribution in [2.45, 2.75) is 32.7 Å². The maximum Gasteiger partial charge on any atom is 0.328 e. The molecule has 0 radical (unpaired) electrons. The van der Waals surface area contributed by atoms with Gasteiger partial charge in [0.15, 0.2) is 0 Å². The summed E-state index contributed by atoms with van der Waals surface area (Å²) >= 11 is 0. The summed E-state index contributed by atoms with van der Waals surface area (Å²) < 4.78 is 9.18. The molecule has 0 saturated carbocycles. The molecule has 0 aliphatic rings. The van der Waals surface area contributed by atoms with E-state index in [1.807, 2.05) is 0 Å². The molecule has 0 heterocycles. The molecule has 1 amide bonds. The number of esters is 2. The smallest absolute Gasteiger partial charge is 0.328 e. The molecule has 2 atom stereocenters. The van der Waals surface area contributed by atoms with Crippen LogP contribution in [0.25, 0.3) is 0 Å². The van der Waals surface area contributed by atoms with E-state index < -0.39 is 12.0 Å². The number of amides is 1. The monoisotopic (exact) mass is 271 g/mol. The summed E-state index contributed by atoms with van der Waals surface area (Å²) in [6, 6.07) is -0.702. The van der Waals surface area contributed by atoms with Gasteiger partial charge in [-0.05, 0) is 12.8 Å².